The zero-order valence-corrected chi connectivity index (χ0v) is 12.4. The Morgan fingerprint density at radius 2 is 2.00 bits per heavy atom. The van der Waals surface area contributed by atoms with Gasteiger partial charge in [0.25, 0.3) is 0 Å². The Labute approximate surface area is 120 Å². The van der Waals surface area contributed by atoms with Gasteiger partial charge in [-0.05, 0) is 24.0 Å². The SMILES string of the molecule is CC(C)(C)CC(=O)Nc1ccccc1N1CCCC1=O. The minimum atomic E-state index is -0.0531. The number of rotatable bonds is 3. The van der Waals surface area contributed by atoms with Crippen molar-refractivity contribution in [1.29, 1.82) is 0 Å². The van der Waals surface area contributed by atoms with Crippen molar-refractivity contribution in [2.24, 2.45) is 5.41 Å². The van der Waals surface area contributed by atoms with Crippen LogP contribution in [0.1, 0.15) is 40.0 Å². The second-order valence-electron chi connectivity index (χ2n) is 6.45. The molecule has 0 unspecified atom stereocenters. The minimum Gasteiger partial charge on any atom is -0.324 e. The molecule has 1 N–H and O–H groups in total. The first-order valence-electron chi connectivity index (χ1n) is 7.06. The monoisotopic (exact) mass is 274 g/mol. The van der Waals surface area contributed by atoms with Gasteiger partial charge in [0.05, 0.1) is 11.4 Å². The number of anilines is 2. The van der Waals surface area contributed by atoms with E-state index < -0.39 is 0 Å². The van der Waals surface area contributed by atoms with Gasteiger partial charge in [-0.1, -0.05) is 32.9 Å². The van der Waals surface area contributed by atoms with Crippen molar-refractivity contribution in [3.63, 3.8) is 0 Å². The molecule has 20 heavy (non-hydrogen) atoms. The average Bonchev–Trinajstić information content (AvgIpc) is 2.73. The number of benzene rings is 1. The lowest BCUT2D eigenvalue weighted by Gasteiger charge is -2.22. The smallest absolute Gasteiger partial charge is 0.227 e. The molecule has 1 aliphatic heterocycles. The van der Waals surface area contributed by atoms with Gasteiger partial charge in [0, 0.05) is 19.4 Å². The summed E-state index contributed by atoms with van der Waals surface area (Å²) in [7, 11) is 0. The zero-order chi connectivity index (χ0) is 14.8. The van der Waals surface area contributed by atoms with Crippen LogP contribution in [0.15, 0.2) is 24.3 Å². The van der Waals surface area contributed by atoms with Gasteiger partial charge in [-0.3, -0.25) is 9.59 Å². The van der Waals surface area contributed by atoms with Crippen molar-refractivity contribution in [3.05, 3.63) is 24.3 Å². The third kappa shape index (κ3) is 3.59. The maximum atomic E-state index is 12.1. The summed E-state index contributed by atoms with van der Waals surface area (Å²) in [6.07, 6.45) is 1.92. The summed E-state index contributed by atoms with van der Waals surface area (Å²) in [6, 6.07) is 7.49. The molecule has 0 saturated carbocycles. The first kappa shape index (κ1) is 14.6. The zero-order valence-electron chi connectivity index (χ0n) is 12.4. The molecule has 4 nitrogen and oxygen atoms in total. The van der Waals surface area contributed by atoms with E-state index in [4.69, 9.17) is 0 Å². The largest absolute Gasteiger partial charge is 0.324 e. The number of nitrogens with one attached hydrogen (secondary N) is 1. The quantitative estimate of drug-likeness (QED) is 0.920. The third-order valence-electron chi connectivity index (χ3n) is 3.23. The molecule has 0 aromatic heterocycles. The fraction of sp³-hybridized carbons (Fsp3) is 0.500. The number of carbonyl (C=O) groups is 2. The van der Waals surface area contributed by atoms with Gasteiger partial charge in [0.1, 0.15) is 0 Å². The van der Waals surface area contributed by atoms with E-state index in [1.165, 1.54) is 0 Å². The van der Waals surface area contributed by atoms with E-state index in [1.807, 2.05) is 45.0 Å². The highest BCUT2D eigenvalue weighted by Gasteiger charge is 2.24. The number of hydrogen-bond acceptors (Lipinski definition) is 2. The summed E-state index contributed by atoms with van der Waals surface area (Å²) < 4.78 is 0. The third-order valence-corrected chi connectivity index (χ3v) is 3.23. The highest BCUT2D eigenvalue weighted by Crippen LogP contribution is 2.30. The van der Waals surface area contributed by atoms with E-state index in [0.717, 1.165) is 24.3 Å². The van der Waals surface area contributed by atoms with Crippen LogP contribution in [0.3, 0.4) is 0 Å². The van der Waals surface area contributed by atoms with Crippen LogP contribution in [-0.2, 0) is 9.59 Å². The molecule has 1 fully saturated rings. The average molecular weight is 274 g/mol. The van der Waals surface area contributed by atoms with Crippen LogP contribution >= 0.6 is 0 Å². The van der Waals surface area contributed by atoms with Crippen LogP contribution in [0.25, 0.3) is 0 Å². The van der Waals surface area contributed by atoms with Gasteiger partial charge in [-0.15, -0.1) is 0 Å². The predicted molar refractivity (Wildman–Crippen MR) is 80.7 cm³/mol. The molecule has 0 aliphatic carbocycles. The molecular weight excluding hydrogens is 252 g/mol. The highest BCUT2D eigenvalue weighted by atomic mass is 16.2. The van der Waals surface area contributed by atoms with Gasteiger partial charge in [-0.2, -0.15) is 0 Å². The first-order valence-corrected chi connectivity index (χ1v) is 7.06. The summed E-state index contributed by atoms with van der Waals surface area (Å²) in [5, 5.41) is 2.93. The summed E-state index contributed by atoms with van der Waals surface area (Å²) >= 11 is 0. The van der Waals surface area contributed by atoms with Crippen molar-refractivity contribution in [1.82, 2.24) is 0 Å². The van der Waals surface area contributed by atoms with Crippen LogP contribution in [0.4, 0.5) is 11.4 Å². The Kier molecular flexibility index (Phi) is 4.12. The van der Waals surface area contributed by atoms with E-state index in [1.54, 1.807) is 4.90 Å². The number of carbonyl (C=O) groups excluding carboxylic acids is 2. The van der Waals surface area contributed by atoms with E-state index in [2.05, 4.69) is 5.32 Å². The van der Waals surface area contributed by atoms with E-state index in [-0.39, 0.29) is 17.2 Å². The Morgan fingerprint density at radius 3 is 2.60 bits per heavy atom. The van der Waals surface area contributed by atoms with Crippen molar-refractivity contribution in [2.45, 2.75) is 40.0 Å². The maximum Gasteiger partial charge on any atom is 0.227 e. The van der Waals surface area contributed by atoms with Crippen molar-refractivity contribution < 1.29 is 9.59 Å². The van der Waals surface area contributed by atoms with E-state index >= 15 is 0 Å². The Bertz CT molecular complexity index is 517. The Hall–Kier alpha value is -1.84. The van der Waals surface area contributed by atoms with Gasteiger partial charge in [0.2, 0.25) is 11.8 Å². The van der Waals surface area contributed by atoms with Crippen LogP contribution in [0, 0.1) is 5.41 Å². The summed E-state index contributed by atoms with van der Waals surface area (Å²) in [6.45, 7) is 6.82. The minimum absolute atomic E-state index is 0.0170. The topological polar surface area (TPSA) is 49.4 Å². The second-order valence-corrected chi connectivity index (χ2v) is 6.45. The molecule has 1 saturated heterocycles. The summed E-state index contributed by atoms with van der Waals surface area (Å²) in [5.41, 5.74) is 1.47. The number of amides is 2. The summed E-state index contributed by atoms with van der Waals surface area (Å²) in [5.74, 6) is 0.110. The first-order chi connectivity index (χ1) is 9.37. The predicted octanol–water partition coefficient (Wildman–Crippen LogP) is 3.19. The van der Waals surface area contributed by atoms with Gasteiger partial charge >= 0.3 is 0 Å². The molecule has 1 aromatic carbocycles. The van der Waals surface area contributed by atoms with Gasteiger partial charge in [0.15, 0.2) is 0 Å². The summed E-state index contributed by atoms with van der Waals surface area (Å²) in [4.78, 5) is 25.7. The number of nitrogens with zero attached hydrogens (tertiary/aromatic N) is 1. The molecule has 1 aromatic rings. The molecule has 0 spiro atoms. The molecule has 2 rings (SSSR count). The standard InChI is InChI=1S/C16H22N2O2/c1-16(2,3)11-14(19)17-12-7-4-5-8-13(12)18-10-6-9-15(18)20/h4-5,7-8H,6,9-11H2,1-3H3,(H,17,19). The van der Waals surface area contributed by atoms with Crippen LogP contribution in [0.2, 0.25) is 0 Å². The van der Waals surface area contributed by atoms with E-state index in [9.17, 15) is 9.59 Å². The molecule has 1 aliphatic rings. The highest BCUT2D eigenvalue weighted by molar-refractivity contribution is 6.02. The molecule has 108 valence electrons. The van der Waals surface area contributed by atoms with Crippen LogP contribution in [0.5, 0.6) is 0 Å². The lowest BCUT2D eigenvalue weighted by Crippen LogP contribution is -2.26. The van der Waals surface area contributed by atoms with Crippen LogP contribution in [-0.4, -0.2) is 18.4 Å². The Balaban J connectivity index is 2.16. The molecule has 0 bridgehead atoms. The maximum absolute atomic E-state index is 12.1. The molecular formula is C16H22N2O2. The second kappa shape index (κ2) is 5.65. The lowest BCUT2D eigenvalue weighted by atomic mass is 9.92. The Morgan fingerprint density at radius 1 is 1.30 bits per heavy atom. The molecule has 2 amide bonds. The van der Waals surface area contributed by atoms with Crippen molar-refractivity contribution in [3.8, 4) is 0 Å². The normalized spacial score (nSPS) is 15.6. The molecule has 4 heteroatoms. The fourth-order valence-electron chi connectivity index (χ4n) is 2.39. The van der Waals surface area contributed by atoms with Gasteiger partial charge < -0.3 is 10.2 Å². The van der Waals surface area contributed by atoms with E-state index in [0.29, 0.717) is 12.8 Å². The lowest BCUT2D eigenvalue weighted by molar-refractivity contribution is -0.118. The number of para-hydroxylation sites is 2. The fourth-order valence-corrected chi connectivity index (χ4v) is 2.39. The molecule has 0 atom stereocenters. The molecule has 1 heterocycles. The van der Waals surface area contributed by atoms with Gasteiger partial charge in [-0.25, -0.2) is 0 Å². The van der Waals surface area contributed by atoms with Crippen molar-refractivity contribution in [2.75, 3.05) is 16.8 Å². The number of hydrogen-bond donors (Lipinski definition) is 1. The van der Waals surface area contributed by atoms with Crippen LogP contribution < -0.4 is 10.2 Å². The van der Waals surface area contributed by atoms with Crippen molar-refractivity contribution >= 4 is 23.2 Å². The molecule has 0 radical (unpaired) electrons.